The number of amides is 2. The van der Waals surface area contributed by atoms with Crippen LogP contribution in [0.3, 0.4) is 0 Å². The summed E-state index contributed by atoms with van der Waals surface area (Å²) in [5.74, 6) is -1.33. The molecule has 9 heteroatoms. The predicted molar refractivity (Wildman–Crippen MR) is 66.9 cm³/mol. The maximum Gasteiger partial charge on any atom is 0.407 e. The third-order valence-corrected chi connectivity index (χ3v) is 2.84. The van der Waals surface area contributed by atoms with Gasteiger partial charge in [-0.25, -0.2) is 13.2 Å². The third-order valence-electron chi connectivity index (χ3n) is 1.91. The van der Waals surface area contributed by atoms with Gasteiger partial charge in [-0.2, -0.15) is 5.26 Å². The fourth-order valence-corrected chi connectivity index (χ4v) is 1.99. The second kappa shape index (κ2) is 7.58. The molecule has 0 radical (unpaired) electrons. The number of ether oxygens (including phenoxy) is 1. The Labute approximate surface area is 112 Å². The molecule has 0 aliphatic carbocycles. The van der Waals surface area contributed by atoms with Crippen molar-refractivity contribution in [2.24, 2.45) is 0 Å². The van der Waals surface area contributed by atoms with Crippen molar-refractivity contribution in [3.8, 4) is 6.07 Å². The van der Waals surface area contributed by atoms with Gasteiger partial charge in [-0.1, -0.05) is 0 Å². The van der Waals surface area contributed by atoms with Crippen molar-refractivity contribution in [3.63, 3.8) is 0 Å². The molecule has 0 aromatic carbocycles. The lowest BCUT2D eigenvalue weighted by atomic mass is 10.3. The van der Waals surface area contributed by atoms with Crippen LogP contribution in [0.2, 0.25) is 0 Å². The van der Waals surface area contributed by atoms with E-state index in [-0.39, 0.29) is 6.61 Å². The lowest BCUT2D eigenvalue weighted by Gasteiger charge is -2.18. The summed E-state index contributed by atoms with van der Waals surface area (Å²) in [5, 5.41) is 13.0. The Morgan fingerprint density at radius 3 is 2.37 bits per heavy atom. The zero-order valence-electron chi connectivity index (χ0n) is 11.0. The van der Waals surface area contributed by atoms with Crippen LogP contribution in [0, 0.1) is 11.3 Å². The van der Waals surface area contributed by atoms with Crippen molar-refractivity contribution < 1.29 is 22.7 Å². The van der Waals surface area contributed by atoms with Crippen molar-refractivity contribution >= 4 is 21.8 Å². The van der Waals surface area contributed by atoms with Gasteiger partial charge in [-0.3, -0.25) is 4.79 Å². The molecule has 0 aromatic heterocycles. The van der Waals surface area contributed by atoms with Gasteiger partial charge in [-0.05, 0) is 13.8 Å². The van der Waals surface area contributed by atoms with Crippen LogP contribution in [0.25, 0.3) is 0 Å². The van der Waals surface area contributed by atoms with E-state index in [9.17, 15) is 18.0 Å². The van der Waals surface area contributed by atoms with Gasteiger partial charge in [0.2, 0.25) is 5.91 Å². The molecule has 0 rings (SSSR count). The summed E-state index contributed by atoms with van der Waals surface area (Å²) in [6.07, 6.45) is 0.0457. The minimum Gasteiger partial charge on any atom is -0.450 e. The number of hydrogen-bond donors (Lipinski definition) is 2. The molecule has 0 saturated carbocycles. The molecule has 2 N–H and O–H groups in total. The largest absolute Gasteiger partial charge is 0.450 e. The Hall–Kier alpha value is -1.82. The highest BCUT2D eigenvalue weighted by molar-refractivity contribution is 7.90. The molecule has 2 unspecified atom stereocenters. The van der Waals surface area contributed by atoms with Crippen LogP contribution < -0.4 is 10.6 Å². The second-order valence-electron chi connectivity index (χ2n) is 3.87. The van der Waals surface area contributed by atoms with E-state index in [0.717, 1.165) is 6.26 Å². The number of alkyl carbamates (subject to hydrolysis) is 1. The van der Waals surface area contributed by atoms with Crippen molar-refractivity contribution in [3.05, 3.63) is 0 Å². The molecule has 0 aliphatic heterocycles. The molecule has 0 bridgehead atoms. The first kappa shape index (κ1) is 17.2. The molecule has 0 heterocycles. The minimum atomic E-state index is -3.49. The molecule has 0 aliphatic rings. The highest BCUT2D eigenvalue weighted by Crippen LogP contribution is 1.95. The maximum atomic E-state index is 11.7. The van der Waals surface area contributed by atoms with Gasteiger partial charge in [0.05, 0.1) is 18.4 Å². The number of nitrogens with zero attached hydrogens (tertiary/aromatic N) is 1. The van der Waals surface area contributed by atoms with E-state index in [2.05, 4.69) is 15.4 Å². The summed E-state index contributed by atoms with van der Waals surface area (Å²) in [5.41, 5.74) is 0. The van der Waals surface area contributed by atoms with Crippen LogP contribution in [0.4, 0.5) is 4.79 Å². The third kappa shape index (κ3) is 7.99. The van der Waals surface area contributed by atoms with Crippen LogP contribution in [-0.4, -0.2) is 51.1 Å². The molecule has 0 saturated heterocycles. The average Bonchev–Trinajstić information content (AvgIpc) is 2.26. The van der Waals surface area contributed by atoms with E-state index in [1.807, 2.05) is 0 Å². The van der Waals surface area contributed by atoms with Gasteiger partial charge in [0.25, 0.3) is 0 Å². The van der Waals surface area contributed by atoms with Gasteiger partial charge in [-0.15, -0.1) is 0 Å². The number of hydrogen-bond acceptors (Lipinski definition) is 6. The van der Waals surface area contributed by atoms with Crippen molar-refractivity contribution in [2.45, 2.75) is 25.9 Å². The highest BCUT2D eigenvalue weighted by Gasteiger charge is 2.26. The lowest BCUT2D eigenvalue weighted by Crippen LogP contribution is -2.52. The first-order valence-electron chi connectivity index (χ1n) is 5.50. The number of sulfone groups is 1. The molecule has 2 atom stereocenters. The van der Waals surface area contributed by atoms with Crippen LogP contribution in [-0.2, 0) is 19.4 Å². The standard InChI is InChI=1S/C10H17N3O5S/c1-4-18-10(15)13-8(6-19(3,16)17)9(14)12-7(2)5-11/h7-8H,4,6H2,1-3H3,(H,12,14)(H,13,15). The molecule has 0 fully saturated rings. The van der Waals surface area contributed by atoms with E-state index >= 15 is 0 Å². The van der Waals surface area contributed by atoms with Gasteiger partial charge in [0.1, 0.15) is 21.9 Å². The number of rotatable bonds is 6. The Kier molecular flexibility index (Phi) is 6.85. The van der Waals surface area contributed by atoms with Crippen molar-refractivity contribution in [1.82, 2.24) is 10.6 Å². The molecule has 19 heavy (non-hydrogen) atoms. The van der Waals surface area contributed by atoms with E-state index in [4.69, 9.17) is 5.26 Å². The zero-order chi connectivity index (χ0) is 15.1. The average molecular weight is 291 g/mol. The number of nitrogens with one attached hydrogen (secondary N) is 2. The second-order valence-corrected chi connectivity index (χ2v) is 6.05. The smallest absolute Gasteiger partial charge is 0.407 e. The monoisotopic (exact) mass is 291 g/mol. The normalized spacial score (nSPS) is 13.8. The molecule has 2 amide bonds. The lowest BCUT2D eigenvalue weighted by molar-refractivity contribution is -0.122. The van der Waals surface area contributed by atoms with E-state index in [1.54, 1.807) is 13.0 Å². The molecule has 108 valence electrons. The fraction of sp³-hybridized carbons (Fsp3) is 0.700. The fourth-order valence-electron chi connectivity index (χ4n) is 1.15. The summed E-state index contributed by atoms with van der Waals surface area (Å²) in [6, 6.07) is -0.327. The van der Waals surface area contributed by atoms with Crippen LogP contribution in [0.15, 0.2) is 0 Å². The highest BCUT2D eigenvalue weighted by atomic mass is 32.2. The molecular formula is C10H17N3O5S. The first-order valence-corrected chi connectivity index (χ1v) is 7.56. The predicted octanol–water partition coefficient (Wildman–Crippen LogP) is -0.826. The number of carbonyl (C=O) groups excluding carboxylic acids is 2. The number of carbonyl (C=O) groups is 2. The summed E-state index contributed by atoms with van der Waals surface area (Å²) >= 11 is 0. The Morgan fingerprint density at radius 1 is 1.37 bits per heavy atom. The van der Waals surface area contributed by atoms with E-state index in [0.29, 0.717) is 0 Å². The molecule has 0 aromatic rings. The number of nitriles is 1. The van der Waals surface area contributed by atoms with Gasteiger partial charge in [0, 0.05) is 6.26 Å². The SMILES string of the molecule is CCOC(=O)NC(CS(C)(=O)=O)C(=O)NC(C)C#N. The summed E-state index contributed by atoms with van der Waals surface area (Å²) < 4.78 is 27.0. The summed E-state index contributed by atoms with van der Waals surface area (Å²) in [7, 11) is -3.49. The van der Waals surface area contributed by atoms with Gasteiger partial charge in [0.15, 0.2) is 0 Å². The molecule has 8 nitrogen and oxygen atoms in total. The molecular weight excluding hydrogens is 274 g/mol. The van der Waals surface area contributed by atoms with E-state index in [1.165, 1.54) is 6.92 Å². The Morgan fingerprint density at radius 2 is 1.95 bits per heavy atom. The van der Waals surface area contributed by atoms with E-state index < -0.39 is 39.7 Å². The zero-order valence-corrected chi connectivity index (χ0v) is 11.8. The first-order chi connectivity index (χ1) is 8.69. The van der Waals surface area contributed by atoms with Crippen LogP contribution in [0.1, 0.15) is 13.8 Å². The van der Waals surface area contributed by atoms with Crippen molar-refractivity contribution in [2.75, 3.05) is 18.6 Å². The summed E-state index contributed by atoms with van der Waals surface area (Å²) in [6.45, 7) is 3.09. The Balaban J connectivity index is 4.81. The van der Waals surface area contributed by atoms with Crippen LogP contribution >= 0.6 is 0 Å². The van der Waals surface area contributed by atoms with Crippen LogP contribution in [0.5, 0.6) is 0 Å². The van der Waals surface area contributed by atoms with Gasteiger partial charge < -0.3 is 15.4 Å². The quantitative estimate of drug-likeness (QED) is 0.658. The van der Waals surface area contributed by atoms with Crippen molar-refractivity contribution in [1.29, 1.82) is 5.26 Å². The Bertz CT molecular complexity index is 468. The topological polar surface area (TPSA) is 125 Å². The molecule has 0 spiro atoms. The van der Waals surface area contributed by atoms with Gasteiger partial charge >= 0.3 is 6.09 Å². The minimum absolute atomic E-state index is 0.0909. The maximum absolute atomic E-state index is 11.7. The summed E-state index contributed by atoms with van der Waals surface area (Å²) in [4.78, 5) is 23.0.